The molecule has 0 saturated carbocycles. The lowest BCUT2D eigenvalue weighted by Gasteiger charge is -2.26. The molecule has 1 saturated heterocycles. The molecule has 3 heterocycles. The average molecular weight is 524 g/mol. The number of pyridine rings is 2. The molecule has 0 spiro atoms. The number of alkyl halides is 1. The molecule has 37 heavy (non-hydrogen) atoms. The summed E-state index contributed by atoms with van der Waals surface area (Å²) in [5, 5.41) is 7.35. The Kier molecular flexibility index (Phi) is 10.9. The summed E-state index contributed by atoms with van der Waals surface area (Å²) in [7, 11) is 0. The van der Waals surface area contributed by atoms with Crippen molar-refractivity contribution in [3.05, 3.63) is 89.9 Å². The fourth-order valence-corrected chi connectivity index (χ4v) is 4.01. The third-order valence-electron chi connectivity index (χ3n) is 5.80. The number of aromatic nitrogens is 2. The number of aryl methyl sites for hydroxylation is 1. The van der Waals surface area contributed by atoms with Gasteiger partial charge in [0.05, 0.1) is 23.1 Å². The second kappa shape index (κ2) is 14.4. The fraction of sp³-hybridized carbons (Fsp3) is 0.310. The molecule has 0 bridgehead atoms. The van der Waals surface area contributed by atoms with Gasteiger partial charge in [0.1, 0.15) is 17.7 Å². The van der Waals surface area contributed by atoms with Gasteiger partial charge in [0, 0.05) is 23.7 Å². The lowest BCUT2D eigenvalue weighted by atomic mass is 10.0. The number of nitrogen functional groups attached to an aromatic ring is 1. The quantitative estimate of drug-likeness (QED) is 0.295. The number of halogens is 2. The van der Waals surface area contributed by atoms with Crippen LogP contribution >= 0.6 is 11.6 Å². The first-order chi connectivity index (χ1) is 17.9. The van der Waals surface area contributed by atoms with Gasteiger partial charge in [0.2, 0.25) is 0 Å². The van der Waals surface area contributed by atoms with Crippen LogP contribution in [0, 0.1) is 0 Å². The predicted octanol–water partition coefficient (Wildman–Crippen LogP) is 6.55. The summed E-state index contributed by atoms with van der Waals surface area (Å²) in [6.07, 6.45) is 6.58. The minimum atomic E-state index is -0.314. The highest BCUT2D eigenvalue weighted by Crippen LogP contribution is 2.31. The van der Waals surface area contributed by atoms with Crippen LogP contribution in [0.15, 0.2) is 68.0 Å². The minimum absolute atomic E-state index is 0.170. The van der Waals surface area contributed by atoms with Crippen molar-refractivity contribution in [2.24, 2.45) is 0 Å². The number of nitrogens with zero attached hydrogens (tertiary/aromatic N) is 2. The Morgan fingerprint density at radius 2 is 1.97 bits per heavy atom. The van der Waals surface area contributed by atoms with Crippen LogP contribution in [0.4, 0.5) is 15.9 Å². The Labute approximate surface area is 223 Å². The lowest BCUT2D eigenvalue weighted by Crippen LogP contribution is -2.34. The van der Waals surface area contributed by atoms with E-state index in [2.05, 4.69) is 33.8 Å². The molecule has 3 aromatic rings. The largest absolute Gasteiger partial charge is 0.490 e. The van der Waals surface area contributed by atoms with Gasteiger partial charge in [-0.05, 0) is 93.2 Å². The average Bonchev–Trinajstić information content (AvgIpc) is 2.90. The molecule has 0 radical (unpaired) electrons. The molecule has 1 fully saturated rings. The van der Waals surface area contributed by atoms with E-state index in [1.54, 1.807) is 18.3 Å². The van der Waals surface area contributed by atoms with Gasteiger partial charge in [-0.25, -0.2) is 4.98 Å². The molecular weight excluding hydrogens is 489 g/mol. The van der Waals surface area contributed by atoms with Crippen LogP contribution in [0.1, 0.15) is 43.0 Å². The van der Waals surface area contributed by atoms with Crippen molar-refractivity contribution in [1.82, 2.24) is 15.3 Å². The Morgan fingerprint density at radius 3 is 2.62 bits per heavy atom. The fourth-order valence-electron chi connectivity index (χ4n) is 3.90. The first-order valence-electron chi connectivity index (χ1n) is 12.4. The molecule has 0 atom stereocenters. The molecule has 2 aromatic heterocycles. The minimum Gasteiger partial charge on any atom is -0.490 e. The summed E-state index contributed by atoms with van der Waals surface area (Å²) in [6, 6.07) is 13.3. The topological polar surface area (TPSA) is 85.1 Å². The van der Waals surface area contributed by atoms with Crippen LogP contribution in [0.3, 0.4) is 0 Å². The second-order valence-electron chi connectivity index (χ2n) is 8.87. The monoisotopic (exact) mass is 523 g/mol. The van der Waals surface area contributed by atoms with Crippen molar-refractivity contribution in [2.45, 2.75) is 38.7 Å². The summed E-state index contributed by atoms with van der Waals surface area (Å²) < 4.78 is 19.0. The van der Waals surface area contributed by atoms with Gasteiger partial charge >= 0.3 is 0 Å². The van der Waals surface area contributed by atoms with Crippen LogP contribution < -0.4 is 21.1 Å². The Hall–Kier alpha value is -3.42. The standard InChI is InChI=1S/C24H30FN3O.C5H5ClN2/c1-17(2)24-22(7-5-13-27-24)28-18(3)21-9-8-19(6-4-12-25)16-23(21)29-20-10-14-26-15-11-20;6-4-1-2-5(7)8-3-4/h5,7-9,13,16,20,26,28H,1,3-4,6,10-12,14-15H2,2H3;1-3H,(H2,7,8). The Morgan fingerprint density at radius 1 is 1.19 bits per heavy atom. The van der Waals surface area contributed by atoms with E-state index in [9.17, 15) is 4.39 Å². The predicted molar refractivity (Wildman–Crippen MR) is 153 cm³/mol. The highest BCUT2D eigenvalue weighted by Gasteiger charge is 2.18. The zero-order valence-corrected chi connectivity index (χ0v) is 22.0. The summed E-state index contributed by atoms with van der Waals surface area (Å²) >= 11 is 5.49. The van der Waals surface area contributed by atoms with E-state index in [0.29, 0.717) is 23.7 Å². The third kappa shape index (κ3) is 8.88. The van der Waals surface area contributed by atoms with Gasteiger partial charge in [-0.15, -0.1) is 0 Å². The maximum Gasteiger partial charge on any atom is 0.129 e. The van der Waals surface area contributed by atoms with E-state index in [1.807, 2.05) is 37.3 Å². The molecule has 6 nitrogen and oxygen atoms in total. The molecule has 0 aliphatic carbocycles. The zero-order valence-electron chi connectivity index (χ0n) is 21.3. The molecule has 4 N–H and O–H groups in total. The van der Waals surface area contributed by atoms with Gasteiger partial charge in [0.25, 0.3) is 0 Å². The number of nitrogens with two attached hydrogens (primary N) is 1. The lowest BCUT2D eigenvalue weighted by molar-refractivity contribution is 0.162. The number of hydrogen-bond acceptors (Lipinski definition) is 6. The Bertz CT molecular complexity index is 1160. The van der Waals surface area contributed by atoms with Crippen LogP contribution in [0.5, 0.6) is 5.75 Å². The normalized spacial score (nSPS) is 13.3. The van der Waals surface area contributed by atoms with Crippen LogP contribution in [0.2, 0.25) is 5.02 Å². The van der Waals surface area contributed by atoms with Crippen molar-refractivity contribution < 1.29 is 9.13 Å². The van der Waals surface area contributed by atoms with Crippen molar-refractivity contribution in [2.75, 3.05) is 30.8 Å². The highest BCUT2D eigenvalue weighted by atomic mass is 35.5. The molecule has 0 amide bonds. The van der Waals surface area contributed by atoms with Crippen LogP contribution in [-0.2, 0) is 6.42 Å². The number of benzene rings is 1. The SMILES string of the molecule is C=C(Nc1cccnc1C(=C)C)c1ccc(CCCF)cc1OC1CCNCC1.Nc1ccc(Cl)cn1. The van der Waals surface area contributed by atoms with E-state index >= 15 is 0 Å². The summed E-state index contributed by atoms with van der Waals surface area (Å²) in [6.45, 7) is 11.8. The number of allylic oxidation sites excluding steroid dienone is 1. The first kappa shape index (κ1) is 28.2. The number of piperidine rings is 1. The molecular formula is C29H35ClFN5O. The van der Waals surface area contributed by atoms with Gasteiger partial charge < -0.3 is 21.1 Å². The molecule has 196 valence electrons. The van der Waals surface area contributed by atoms with E-state index in [4.69, 9.17) is 22.1 Å². The van der Waals surface area contributed by atoms with Gasteiger partial charge in [0.15, 0.2) is 0 Å². The summed E-state index contributed by atoms with van der Waals surface area (Å²) in [4.78, 5) is 8.14. The molecule has 8 heteroatoms. The molecule has 0 unspecified atom stereocenters. The van der Waals surface area contributed by atoms with Gasteiger partial charge in [-0.3, -0.25) is 9.37 Å². The molecule has 1 aliphatic rings. The van der Waals surface area contributed by atoms with Crippen molar-refractivity contribution in [3.8, 4) is 5.75 Å². The van der Waals surface area contributed by atoms with Crippen molar-refractivity contribution in [1.29, 1.82) is 0 Å². The number of hydrogen-bond donors (Lipinski definition) is 3. The smallest absolute Gasteiger partial charge is 0.129 e. The first-order valence-corrected chi connectivity index (χ1v) is 12.8. The molecule has 4 rings (SSSR count). The van der Waals surface area contributed by atoms with Gasteiger partial charge in [-0.2, -0.15) is 0 Å². The van der Waals surface area contributed by atoms with Crippen LogP contribution in [0.25, 0.3) is 11.3 Å². The summed E-state index contributed by atoms with van der Waals surface area (Å²) in [5.74, 6) is 1.29. The highest BCUT2D eigenvalue weighted by molar-refractivity contribution is 6.30. The number of ether oxygens (including phenoxy) is 1. The number of anilines is 2. The van der Waals surface area contributed by atoms with E-state index in [1.165, 1.54) is 6.20 Å². The Balaban J connectivity index is 0.000000405. The van der Waals surface area contributed by atoms with E-state index in [0.717, 1.165) is 65.5 Å². The molecule has 1 aromatic carbocycles. The van der Waals surface area contributed by atoms with Crippen molar-refractivity contribution in [3.63, 3.8) is 0 Å². The van der Waals surface area contributed by atoms with Gasteiger partial charge in [-0.1, -0.05) is 30.8 Å². The summed E-state index contributed by atoms with van der Waals surface area (Å²) in [5.41, 5.74) is 10.5. The number of nitrogens with one attached hydrogen (secondary N) is 2. The van der Waals surface area contributed by atoms with Crippen LogP contribution in [-0.4, -0.2) is 35.8 Å². The van der Waals surface area contributed by atoms with Crippen molar-refractivity contribution >= 4 is 34.4 Å². The molecule has 1 aliphatic heterocycles. The second-order valence-corrected chi connectivity index (χ2v) is 9.31. The maximum absolute atomic E-state index is 12.6. The maximum atomic E-state index is 12.6. The van der Waals surface area contributed by atoms with E-state index < -0.39 is 0 Å². The number of rotatable bonds is 9. The third-order valence-corrected chi connectivity index (χ3v) is 6.02. The zero-order chi connectivity index (χ0) is 26.6. The van der Waals surface area contributed by atoms with E-state index in [-0.39, 0.29) is 12.8 Å².